The molecule has 0 spiro atoms. The van der Waals surface area contributed by atoms with Gasteiger partial charge in [0.2, 0.25) is 11.8 Å². The van der Waals surface area contributed by atoms with E-state index in [1.807, 2.05) is 60.7 Å². The molecule has 0 aliphatic rings. The lowest BCUT2D eigenvalue weighted by molar-refractivity contribution is -0.127. The SMILES string of the molecule is N#Cc1cccc(C[C@H](NC(=O)C(c2ccccc2)c2ccccc2)C(N)=O)c1. The molecule has 3 N–H and O–H groups in total. The molecular formula is C24H21N3O2. The first kappa shape index (κ1) is 19.8. The smallest absolute Gasteiger partial charge is 0.240 e. The maximum absolute atomic E-state index is 13.2. The minimum Gasteiger partial charge on any atom is -0.368 e. The van der Waals surface area contributed by atoms with Crippen molar-refractivity contribution in [3.05, 3.63) is 107 Å². The topological polar surface area (TPSA) is 96.0 Å². The first-order chi connectivity index (χ1) is 14.1. The Morgan fingerprint density at radius 3 is 2.00 bits per heavy atom. The van der Waals surface area contributed by atoms with Crippen molar-refractivity contribution >= 4 is 11.8 Å². The Morgan fingerprint density at radius 2 is 1.48 bits per heavy atom. The van der Waals surface area contributed by atoms with E-state index in [0.717, 1.165) is 16.7 Å². The minimum absolute atomic E-state index is 0.215. The molecule has 5 nitrogen and oxygen atoms in total. The molecular weight excluding hydrogens is 362 g/mol. The quantitative estimate of drug-likeness (QED) is 0.657. The molecule has 0 aromatic heterocycles. The summed E-state index contributed by atoms with van der Waals surface area (Å²) < 4.78 is 0. The molecule has 0 heterocycles. The number of nitrogens with two attached hydrogens (primary N) is 1. The lowest BCUT2D eigenvalue weighted by Crippen LogP contribution is -2.47. The van der Waals surface area contributed by atoms with E-state index in [1.165, 1.54) is 0 Å². The fourth-order valence-corrected chi connectivity index (χ4v) is 3.27. The van der Waals surface area contributed by atoms with Gasteiger partial charge in [-0.1, -0.05) is 72.8 Å². The standard InChI is InChI=1S/C24H21N3O2/c25-16-18-9-7-8-17(14-18)15-21(23(26)28)27-24(29)22(19-10-3-1-4-11-19)20-12-5-2-6-13-20/h1-14,21-22H,15H2,(H2,26,28)(H,27,29)/t21-/m0/s1. The Balaban J connectivity index is 1.86. The maximum atomic E-state index is 13.2. The summed E-state index contributed by atoms with van der Waals surface area (Å²) in [4.78, 5) is 25.2. The molecule has 0 unspecified atom stereocenters. The normalized spacial score (nSPS) is 11.4. The van der Waals surface area contributed by atoms with Gasteiger partial charge in [-0.15, -0.1) is 0 Å². The van der Waals surface area contributed by atoms with E-state index in [0.29, 0.717) is 5.56 Å². The number of primary amides is 1. The molecule has 0 saturated heterocycles. The highest BCUT2D eigenvalue weighted by Gasteiger charge is 2.27. The number of amides is 2. The van der Waals surface area contributed by atoms with E-state index >= 15 is 0 Å². The molecule has 0 fully saturated rings. The highest BCUT2D eigenvalue weighted by atomic mass is 16.2. The molecule has 144 valence electrons. The average Bonchev–Trinajstić information content (AvgIpc) is 2.75. The third-order valence-electron chi connectivity index (χ3n) is 4.68. The van der Waals surface area contributed by atoms with E-state index in [-0.39, 0.29) is 12.3 Å². The van der Waals surface area contributed by atoms with Gasteiger partial charge in [0.1, 0.15) is 6.04 Å². The summed E-state index contributed by atoms with van der Waals surface area (Å²) in [5, 5.41) is 11.9. The predicted molar refractivity (Wildman–Crippen MR) is 111 cm³/mol. The fraction of sp³-hybridized carbons (Fsp3) is 0.125. The highest BCUT2D eigenvalue weighted by molar-refractivity contribution is 5.92. The van der Waals surface area contributed by atoms with Gasteiger partial charge in [0, 0.05) is 6.42 Å². The summed E-state index contributed by atoms with van der Waals surface area (Å²) in [6, 6.07) is 26.9. The van der Waals surface area contributed by atoms with Gasteiger partial charge in [0.25, 0.3) is 0 Å². The Kier molecular flexibility index (Phi) is 6.39. The van der Waals surface area contributed by atoms with Crippen LogP contribution >= 0.6 is 0 Å². The van der Waals surface area contributed by atoms with Gasteiger partial charge in [0.05, 0.1) is 17.6 Å². The van der Waals surface area contributed by atoms with Crippen molar-refractivity contribution in [3.8, 4) is 6.07 Å². The number of benzene rings is 3. The van der Waals surface area contributed by atoms with Crippen LogP contribution in [0.15, 0.2) is 84.9 Å². The summed E-state index contributed by atoms with van der Waals surface area (Å²) in [7, 11) is 0. The molecule has 3 aromatic rings. The zero-order valence-corrected chi connectivity index (χ0v) is 15.8. The van der Waals surface area contributed by atoms with Crippen molar-refractivity contribution in [2.75, 3.05) is 0 Å². The second-order valence-corrected chi connectivity index (χ2v) is 6.73. The predicted octanol–water partition coefficient (Wildman–Crippen LogP) is 2.90. The van der Waals surface area contributed by atoms with Crippen molar-refractivity contribution in [1.29, 1.82) is 5.26 Å². The Bertz CT molecular complexity index is 987. The number of carbonyl (C=O) groups excluding carboxylic acids is 2. The van der Waals surface area contributed by atoms with Crippen LogP contribution in [0.2, 0.25) is 0 Å². The molecule has 3 rings (SSSR count). The number of hydrogen-bond acceptors (Lipinski definition) is 3. The average molecular weight is 383 g/mol. The second kappa shape index (κ2) is 9.34. The zero-order valence-electron chi connectivity index (χ0n) is 15.8. The Labute approximate surface area is 169 Å². The number of carbonyl (C=O) groups is 2. The van der Waals surface area contributed by atoms with Crippen LogP contribution in [0.3, 0.4) is 0 Å². The molecule has 2 amide bonds. The van der Waals surface area contributed by atoms with Crippen molar-refractivity contribution in [2.45, 2.75) is 18.4 Å². The van der Waals surface area contributed by atoms with Crippen LogP contribution in [0.4, 0.5) is 0 Å². The van der Waals surface area contributed by atoms with Crippen LogP contribution < -0.4 is 11.1 Å². The molecule has 5 heteroatoms. The van der Waals surface area contributed by atoms with Crippen molar-refractivity contribution in [1.82, 2.24) is 5.32 Å². The minimum atomic E-state index is -0.883. The third-order valence-corrected chi connectivity index (χ3v) is 4.68. The monoisotopic (exact) mass is 383 g/mol. The number of nitriles is 1. The lowest BCUT2D eigenvalue weighted by atomic mass is 9.90. The first-order valence-corrected chi connectivity index (χ1v) is 9.27. The lowest BCUT2D eigenvalue weighted by Gasteiger charge is -2.22. The second-order valence-electron chi connectivity index (χ2n) is 6.73. The number of nitrogens with zero attached hydrogens (tertiary/aromatic N) is 1. The zero-order chi connectivity index (χ0) is 20.6. The number of nitrogens with one attached hydrogen (secondary N) is 1. The number of hydrogen-bond donors (Lipinski definition) is 2. The van der Waals surface area contributed by atoms with Crippen LogP contribution in [0, 0.1) is 11.3 Å². The van der Waals surface area contributed by atoms with Gasteiger partial charge in [-0.2, -0.15) is 5.26 Å². The highest BCUT2D eigenvalue weighted by Crippen LogP contribution is 2.25. The van der Waals surface area contributed by atoms with Gasteiger partial charge < -0.3 is 11.1 Å². The summed E-state index contributed by atoms with van der Waals surface area (Å²) in [6.07, 6.45) is 0.215. The van der Waals surface area contributed by atoms with E-state index < -0.39 is 17.9 Å². The van der Waals surface area contributed by atoms with Crippen molar-refractivity contribution < 1.29 is 9.59 Å². The fourth-order valence-electron chi connectivity index (χ4n) is 3.27. The summed E-state index contributed by atoms with van der Waals surface area (Å²) in [5.74, 6) is -1.49. The van der Waals surface area contributed by atoms with Crippen LogP contribution in [0.1, 0.15) is 28.2 Å². The van der Waals surface area contributed by atoms with Gasteiger partial charge in [-0.25, -0.2) is 0 Å². The molecule has 0 saturated carbocycles. The first-order valence-electron chi connectivity index (χ1n) is 9.27. The summed E-state index contributed by atoms with van der Waals surface area (Å²) in [5.41, 5.74) is 8.46. The number of rotatable bonds is 7. The maximum Gasteiger partial charge on any atom is 0.240 e. The van der Waals surface area contributed by atoms with Crippen LogP contribution in [0.5, 0.6) is 0 Å². The van der Waals surface area contributed by atoms with Crippen LogP contribution in [0.25, 0.3) is 0 Å². The van der Waals surface area contributed by atoms with Gasteiger partial charge in [0.15, 0.2) is 0 Å². The molecule has 0 aliphatic carbocycles. The Hall–Kier alpha value is -3.91. The molecule has 0 bridgehead atoms. The molecule has 0 aliphatic heterocycles. The van der Waals surface area contributed by atoms with E-state index in [1.54, 1.807) is 24.3 Å². The van der Waals surface area contributed by atoms with E-state index in [9.17, 15) is 9.59 Å². The van der Waals surface area contributed by atoms with Crippen molar-refractivity contribution in [2.24, 2.45) is 5.73 Å². The van der Waals surface area contributed by atoms with E-state index in [4.69, 9.17) is 11.0 Å². The van der Waals surface area contributed by atoms with Crippen LogP contribution in [-0.2, 0) is 16.0 Å². The molecule has 3 aromatic carbocycles. The van der Waals surface area contributed by atoms with Gasteiger partial charge >= 0.3 is 0 Å². The summed E-state index contributed by atoms with van der Waals surface area (Å²) >= 11 is 0. The van der Waals surface area contributed by atoms with Crippen LogP contribution in [-0.4, -0.2) is 17.9 Å². The Morgan fingerprint density at radius 1 is 0.897 bits per heavy atom. The van der Waals surface area contributed by atoms with Crippen molar-refractivity contribution in [3.63, 3.8) is 0 Å². The molecule has 0 radical (unpaired) electrons. The third kappa shape index (κ3) is 5.08. The summed E-state index contributed by atoms with van der Waals surface area (Å²) in [6.45, 7) is 0. The van der Waals surface area contributed by atoms with Gasteiger partial charge in [-0.3, -0.25) is 9.59 Å². The molecule has 1 atom stereocenters. The van der Waals surface area contributed by atoms with E-state index in [2.05, 4.69) is 11.4 Å². The van der Waals surface area contributed by atoms with Gasteiger partial charge in [-0.05, 0) is 28.8 Å². The largest absolute Gasteiger partial charge is 0.368 e. The molecule has 29 heavy (non-hydrogen) atoms.